The lowest BCUT2D eigenvalue weighted by atomic mass is 9.78. The molecule has 0 fully saturated rings. The molecule has 1 aromatic rings. The first kappa shape index (κ1) is 20.9. The van der Waals surface area contributed by atoms with Crippen LogP contribution in [0.15, 0.2) is 95.2 Å². The average Bonchev–Trinajstić information content (AvgIpc) is 3.27. The number of hydrogen-bond donors (Lipinski definition) is 0. The molecule has 156 valence electrons. The van der Waals surface area contributed by atoms with E-state index < -0.39 is 0 Å². The third-order valence-electron chi connectivity index (χ3n) is 6.75. The van der Waals surface area contributed by atoms with Crippen LogP contribution in [0.3, 0.4) is 0 Å². The summed E-state index contributed by atoms with van der Waals surface area (Å²) in [4.78, 5) is 0. The molecule has 0 radical (unpaired) electrons. The molecule has 0 aromatic heterocycles. The maximum Gasteiger partial charge on any atom is 0.0281 e. The Morgan fingerprint density at radius 2 is 1.63 bits per heavy atom. The Balaban J connectivity index is 1.46. The van der Waals surface area contributed by atoms with Crippen LogP contribution in [0.5, 0.6) is 0 Å². The molecule has 0 saturated carbocycles. The van der Waals surface area contributed by atoms with E-state index in [9.17, 15) is 0 Å². The maximum atomic E-state index is 2.40. The largest absolute Gasteiger partial charge is 0.0836 e. The summed E-state index contributed by atoms with van der Waals surface area (Å²) in [5.74, 6) is 1.27. The predicted octanol–water partition coefficient (Wildman–Crippen LogP) is 8.24. The molecule has 0 amide bonds. The minimum Gasteiger partial charge on any atom is -0.0836 e. The summed E-state index contributed by atoms with van der Waals surface area (Å²) in [5, 5.41) is 0. The second kappa shape index (κ2) is 10.1. The van der Waals surface area contributed by atoms with Crippen molar-refractivity contribution in [3.8, 4) is 0 Å². The fourth-order valence-corrected chi connectivity index (χ4v) is 5.22. The van der Waals surface area contributed by atoms with Gasteiger partial charge in [0.1, 0.15) is 0 Å². The molecule has 0 nitrogen and oxygen atoms in total. The van der Waals surface area contributed by atoms with Crippen molar-refractivity contribution in [3.63, 3.8) is 0 Å². The van der Waals surface area contributed by atoms with Gasteiger partial charge < -0.3 is 0 Å². The number of hydrogen-bond acceptors (Lipinski definition) is 0. The molecule has 4 rings (SSSR count). The summed E-state index contributed by atoms with van der Waals surface area (Å²) in [5.41, 5.74) is 8.76. The number of benzene rings is 1. The van der Waals surface area contributed by atoms with Crippen molar-refractivity contribution in [3.05, 3.63) is 106 Å². The molecule has 0 spiro atoms. The molecular weight excluding hydrogens is 360 g/mol. The molecule has 0 saturated heterocycles. The van der Waals surface area contributed by atoms with Gasteiger partial charge in [0.25, 0.3) is 0 Å². The first-order chi connectivity index (χ1) is 14.8. The molecule has 0 N–H and O–H groups in total. The molecule has 0 heterocycles. The van der Waals surface area contributed by atoms with Crippen LogP contribution in [0, 0.1) is 11.8 Å². The second-order valence-corrected chi connectivity index (χ2v) is 9.08. The normalized spacial score (nSPS) is 20.0. The fraction of sp³-hybridized carbons (Fsp3) is 0.400. The topological polar surface area (TPSA) is 0 Å². The van der Waals surface area contributed by atoms with Gasteiger partial charge in [-0.25, -0.2) is 0 Å². The highest BCUT2D eigenvalue weighted by Gasteiger charge is 2.26. The van der Waals surface area contributed by atoms with E-state index in [1.54, 1.807) is 0 Å². The van der Waals surface area contributed by atoms with Crippen LogP contribution in [0.4, 0.5) is 0 Å². The molecule has 30 heavy (non-hydrogen) atoms. The van der Waals surface area contributed by atoms with Gasteiger partial charge in [0.05, 0.1) is 0 Å². The van der Waals surface area contributed by atoms with E-state index >= 15 is 0 Å². The van der Waals surface area contributed by atoms with Crippen LogP contribution >= 0.6 is 0 Å². The van der Waals surface area contributed by atoms with Crippen LogP contribution in [0.1, 0.15) is 63.5 Å². The van der Waals surface area contributed by atoms with Gasteiger partial charge in [-0.1, -0.05) is 112 Å². The third-order valence-corrected chi connectivity index (χ3v) is 6.75. The summed E-state index contributed by atoms with van der Waals surface area (Å²) in [6.07, 6.45) is 28.6. The van der Waals surface area contributed by atoms with Gasteiger partial charge in [-0.2, -0.15) is 0 Å². The summed E-state index contributed by atoms with van der Waals surface area (Å²) in [7, 11) is 0. The highest BCUT2D eigenvalue weighted by Crippen LogP contribution is 2.40. The van der Waals surface area contributed by atoms with Gasteiger partial charge in [-0.05, 0) is 65.0 Å². The van der Waals surface area contributed by atoms with Crippen molar-refractivity contribution < 1.29 is 0 Å². The van der Waals surface area contributed by atoms with Gasteiger partial charge in [0.2, 0.25) is 0 Å². The Bertz CT molecular complexity index is 905. The van der Waals surface area contributed by atoms with Gasteiger partial charge in [-0.3, -0.25) is 0 Å². The molecule has 3 aliphatic rings. The van der Waals surface area contributed by atoms with E-state index in [2.05, 4.69) is 86.7 Å². The minimum atomic E-state index is 0.433. The average molecular weight is 397 g/mol. The van der Waals surface area contributed by atoms with Crippen molar-refractivity contribution in [2.45, 2.75) is 65.2 Å². The molecule has 1 unspecified atom stereocenters. The zero-order chi connectivity index (χ0) is 20.8. The first-order valence-electron chi connectivity index (χ1n) is 12.0. The molecule has 1 aromatic carbocycles. The standard InChI is InChI=1S/C30H36/c1-3-9-23(10-4-2)21-24-15-17-25(18-16-24)22-27-19-20-29(26-11-6-5-7-12-26)30-14-8-13-28(27)30/h6,8,11-20,23,30H,3-5,7,9-10,21-22H2,1-2H3. The highest BCUT2D eigenvalue weighted by molar-refractivity contribution is 5.60. The molecule has 3 aliphatic carbocycles. The van der Waals surface area contributed by atoms with E-state index in [0.29, 0.717) is 5.92 Å². The zero-order valence-electron chi connectivity index (χ0n) is 18.7. The Morgan fingerprint density at radius 3 is 2.33 bits per heavy atom. The second-order valence-electron chi connectivity index (χ2n) is 9.08. The smallest absolute Gasteiger partial charge is 0.0281 e. The van der Waals surface area contributed by atoms with Crippen LogP contribution in [0.25, 0.3) is 0 Å². The Labute approximate surface area is 183 Å². The van der Waals surface area contributed by atoms with Crippen molar-refractivity contribution in [2.24, 2.45) is 11.8 Å². The fourth-order valence-electron chi connectivity index (χ4n) is 5.22. The van der Waals surface area contributed by atoms with Gasteiger partial charge >= 0.3 is 0 Å². The van der Waals surface area contributed by atoms with E-state index in [-0.39, 0.29) is 0 Å². The van der Waals surface area contributed by atoms with Gasteiger partial charge in [0.15, 0.2) is 0 Å². The predicted molar refractivity (Wildman–Crippen MR) is 130 cm³/mol. The van der Waals surface area contributed by atoms with Crippen LogP contribution in [-0.2, 0) is 12.8 Å². The number of allylic oxidation sites excluding steroid dienone is 12. The molecule has 0 bridgehead atoms. The van der Waals surface area contributed by atoms with Crippen molar-refractivity contribution >= 4 is 0 Å². The number of fused-ring (bicyclic) bond motifs is 1. The summed E-state index contributed by atoms with van der Waals surface area (Å²) < 4.78 is 0. The highest BCUT2D eigenvalue weighted by atomic mass is 14.3. The van der Waals surface area contributed by atoms with E-state index in [4.69, 9.17) is 0 Å². The Kier molecular flexibility index (Phi) is 7.05. The first-order valence-corrected chi connectivity index (χ1v) is 12.0. The van der Waals surface area contributed by atoms with E-state index in [0.717, 1.165) is 12.3 Å². The van der Waals surface area contributed by atoms with Crippen molar-refractivity contribution in [2.75, 3.05) is 0 Å². The lowest BCUT2D eigenvalue weighted by Gasteiger charge is -2.26. The maximum absolute atomic E-state index is 2.40. The Morgan fingerprint density at radius 1 is 0.867 bits per heavy atom. The van der Waals surface area contributed by atoms with Crippen LogP contribution in [-0.4, -0.2) is 0 Å². The van der Waals surface area contributed by atoms with E-state index in [1.807, 2.05) is 0 Å². The summed E-state index contributed by atoms with van der Waals surface area (Å²) in [6.45, 7) is 4.62. The summed E-state index contributed by atoms with van der Waals surface area (Å²) >= 11 is 0. The zero-order valence-corrected chi connectivity index (χ0v) is 18.7. The number of rotatable bonds is 9. The monoisotopic (exact) mass is 396 g/mol. The van der Waals surface area contributed by atoms with Crippen molar-refractivity contribution in [1.82, 2.24) is 0 Å². The van der Waals surface area contributed by atoms with Crippen molar-refractivity contribution in [1.29, 1.82) is 0 Å². The summed E-state index contributed by atoms with van der Waals surface area (Å²) in [6, 6.07) is 9.45. The SMILES string of the molecule is CCCC(CCC)Cc1ccc(CC2=CC=C(C3=CCCC=C3)C3C=CC=C23)cc1. The van der Waals surface area contributed by atoms with Crippen LogP contribution in [0.2, 0.25) is 0 Å². The molecule has 0 aliphatic heterocycles. The lowest BCUT2D eigenvalue weighted by molar-refractivity contribution is 0.438. The molecular formula is C30H36. The quantitative estimate of drug-likeness (QED) is 0.394. The molecule has 1 atom stereocenters. The van der Waals surface area contributed by atoms with Crippen LogP contribution < -0.4 is 0 Å². The van der Waals surface area contributed by atoms with E-state index in [1.165, 1.54) is 78.4 Å². The Hall–Kier alpha value is -2.34. The van der Waals surface area contributed by atoms with Gasteiger partial charge in [-0.15, -0.1) is 0 Å². The molecule has 0 heteroatoms. The lowest BCUT2D eigenvalue weighted by Crippen LogP contribution is -2.12. The third kappa shape index (κ3) is 4.86. The van der Waals surface area contributed by atoms with Gasteiger partial charge in [0, 0.05) is 5.92 Å². The minimum absolute atomic E-state index is 0.433.